The Morgan fingerprint density at radius 3 is 2.13 bits per heavy atom. The summed E-state index contributed by atoms with van der Waals surface area (Å²) < 4.78 is 28.7. The quantitative estimate of drug-likeness (QED) is 0.353. The number of sulfonamides is 1. The van der Waals surface area contributed by atoms with Gasteiger partial charge in [-0.15, -0.1) is 0 Å². The molecule has 2 amide bonds. The highest BCUT2D eigenvalue weighted by Crippen LogP contribution is 2.29. The van der Waals surface area contributed by atoms with Crippen molar-refractivity contribution >= 4 is 39.1 Å². The zero-order valence-electron chi connectivity index (χ0n) is 22.1. The lowest BCUT2D eigenvalue weighted by molar-refractivity contribution is -0.139. The van der Waals surface area contributed by atoms with E-state index in [2.05, 4.69) is 5.32 Å². The normalized spacial score (nSPS) is 12.9. The van der Waals surface area contributed by atoms with Crippen molar-refractivity contribution in [1.29, 1.82) is 0 Å². The fraction of sp³-hybridized carbons (Fsp3) is 0.310. The Morgan fingerprint density at radius 1 is 0.947 bits per heavy atom. The number of nitrogens with zero attached hydrogens (tertiary/aromatic N) is 2. The van der Waals surface area contributed by atoms with Crippen LogP contribution in [0.1, 0.15) is 38.3 Å². The number of carbonyl (C=O) groups excluding carboxylic acids is 2. The number of hydrogen-bond donors (Lipinski definition) is 1. The Balaban J connectivity index is 2.03. The highest BCUT2D eigenvalue weighted by atomic mass is 35.5. The third kappa shape index (κ3) is 7.14. The van der Waals surface area contributed by atoms with E-state index in [1.54, 1.807) is 50.2 Å². The van der Waals surface area contributed by atoms with Crippen molar-refractivity contribution in [2.24, 2.45) is 0 Å². The molecule has 0 spiro atoms. The summed E-state index contributed by atoms with van der Waals surface area (Å²) in [6.45, 7) is 6.90. The van der Waals surface area contributed by atoms with Crippen LogP contribution in [0.3, 0.4) is 0 Å². The van der Waals surface area contributed by atoms with E-state index in [0.717, 1.165) is 16.3 Å². The molecule has 1 N–H and O–H groups in total. The van der Waals surface area contributed by atoms with E-state index >= 15 is 0 Å². The lowest BCUT2D eigenvalue weighted by Crippen LogP contribution is -2.52. The average Bonchev–Trinajstić information content (AvgIpc) is 2.91. The van der Waals surface area contributed by atoms with Gasteiger partial charge in [-0.2, -0.15) is 0 Å². The molecule has 0 aliphatic carbocycles. The van der Waals surface area contributed by atoms with Crippen LogP contribution in [0.5, 0.6) is 0 Å². The van der Waals surface area contributed by atoms with E-state index in [1.165, 1.54) is 17.0 Å². The van der Waals surface area contributed by atoms with Crippen LogP contribution >= 0.6 is 11.6 Å². The third-order valence-corrected chi connectivity index (χ3v) is 8.41. The maximum atomic E-state index is 13.9. The van der Waals surface area contributed by atoms with Gasteiger partial charge < -0.3 is 10.2 Å². The van der Waals surface area contributed by atoms with Crippen LogP contribution in [0.2, 0.25) is 5.02 Å². The minimum atomic E-state index is -4.12. The molecule has 0 saturated heterocycles. The Morgan fingerprint density at radius 2 is 1.55 bits per heavy atom. The molecule has 0 bridgehead atoms. The molecule has 2 atom stereocenters. The van der Waals surface area contributed by atoms with E-state index in [9.17, 15) is 18.0 Å². The fourth-order valence-corrected chi connectivity index (χ4v) is 5.69. The molecule has 9 heteroatoms. The first kappa shape index (κ1) is 29.2. The number of anilines is 1. The number of amides is 2. The van der Waals surface area contributed by atoms with Crippen LogP contribution in [0.4, 0.5) is 5.69 Å². The standard InChI is InChI=1S/C29H34ClN3O4S/c1-5-22(3)31-29(35)23(4)32(19-24-12-8-6-9-13-24)28(34)20-33(27-17-16-25(30)18-21(27)2)38(36,37)26-14-10-7-11-15-26/h6-18,22-23H,5,19-20H2,1-4H3,(H,31,35)/t22-,23-/m0/s1. The van der Waals surface area contributed by atoms with E-state index in [4.69, 9.17) is 11.6 Å². The molecule has 0 fully saturated rings. The van der Waals surface area contributed by atoms with Gasteiger partial charge in [-0.3, -0.25) is 13.9 Å². The van der Waals surface area contributed by atoms with Gasteiger partial charge in [0.15, 0.2) is 0 Å². The van der Waals surface area contributed by atoms with Crippen LogP contribution in [0.15, 0.2) is 83.8 Å². The van der Waals surface area contributed by atoms with Gasteiger partial charge in [0.1, 0.15) is 12.6 Å². The number of halogens is 1. The first-order chi connectivity index (χ1) is 18.0. The second-order valence-corrected chi connectivity index (χ2v) is 11.6. The minimum Gasteiger partial charge on any atom is -0.352 e. The van der Waals surface area contributed by atoms with E-state index < -0.39 is 28.5 Å². The Labute approximate surface area is 230 Å². The molecule has 3 rings (SSSR count). The van der Waals surface area contributed by atoms with Crippen LogP contribution in [-0.4, -0.2) is 43.8 Å². The van der Waals surface area contributed by atoms with Crippen molar-refractivity contribution in [2.45, 2.75) is 57.6 Å². The van der Waals surface area contributed by atoms with Gasteiger partial charge in [-0.1, -0.05) is 67.1 Å². The van der Waals surface area contributed by atoms with Gasteiger partial charge >= 0.3 is 0 Å². The predicted molar refractivity (Wildman–Crippen MR) is 152 cm³/mol. The van der Waals surface area contributed by atoms with Gasteiger partial charge in [0.2, 0.25) is 11.8 Å². The number of aryl methyl sites for hydroxylation is 1. The minimum absolute atomic E-state index is 0.0549. The molecule has 3 aromatic carbocycles. The second kappa shape index (κ2) is 12.9. The monoisotopic (exact) mass is 555 g/mol. The number of nitrogens with one attached hydrogen (secondary N) is 1. The molecular formula is C29H34ClN3O4S. The maximum absolute atomic E-state index is 13.9. The van der Waals surface area contributed by atoms with Crippen molar-refractivity contribution in [1.82, 2.24) is 10.2 Å². The van der Waals surface area contributed by atoms with Gasteiger partial charge in [-0.05, 0) is 68.7 Å². The molecule has 3 aromatic rings. The Bertz CT molecular complexity index is 1350. The van der Waals surface area contributed by atoms with Crippen molar-refractivity contribution in [3.8, 4) is 0 Å². The highest BCUT2D eigenvalue weighted by molar-refractivity contribution is 7.92. The van der Waals surface area contributed by atoms with Crippen molar-refractivity contribution in [2.75, 3.05) is 10.8 Å². The molecule has 0 unspecified atom stereocenters. The van der Waals surface area contributed by atoms with Gasteiger partial charge in [0.25, 0.3) is 10.0 Å². The summed E-state index contributed by atoms with van der Waals surface area (Å²) in [4.78, 5) is 28.4. The van der Waals surface area contributed by atoms with Gasteiger partial charge in [0, 0.05) is 17.6 Å². The Hall–Kier alpha value is -3.36. The van der Waals surface area contributed by atoms with Crippen LogP contribution in [0, 0.1) is 6.92 Å². The van der Waals surface area contributed by atoms with E-state index in [0.29, 0.717) is 16.3 Å². The topological polar surface area (TPSA) is 86.8 Å². The van der Waals surface area contributed by atoms with Crippen LogP contribution < -0.4 is 9.62 Å². The van der Waals surface area contributed by atoms with Crippen molar-refractivity contribution in [3.05, 3.63) is 95.0 Å². The lowest BCUT2D eigenvalue weighted by atomic mass is 10.1. The smallest absolute Gasteiger partial charge is 0.264 e. The molecule has 0 heterocycles. The van der Waals surface area contributed by atoms with E-state index in [1.807, 2.05) is 44.2 Å². The molecule has 0 aliphatic rings. The first-order valence-electron chi connectivity index (χ1n) is 12.5. The molecule has 0 radical (unpaired) electrons. The summed E-state index contributed by atoms with van der Waals surface area (Å²) in [6, 6.07) is 21.2. The predicted octanol–water partition coefficient (Wildman–Crippen LogP) is 5.18. The van der Waals surface area contributed by atoms with Gasteiger partial charge in [-0.25, -0.2) is 8.42 Å². The molecule has 0 aromatic heterocycles. The second-order valence-electron chi connectivity index (χ2n) is 9.26. The van der Waals surface area contributed by atoms with Crippen molar-refractivity contribution in [3.63, 3.8) is 0 Å². The van der Waals surface area contributed by atoms with Crippen molar-refractivity contribution < 1.29 is 18.0 Å². The molecule has 7 nitrogen and oxygen atoms in total. The summed E-state index contributed by atoms with van der Waals surface area (Å²) in [6.07, 6.45) is 0.740. The Kier molecular flexibility index (Phi) is 9.94. The summed E-state index contributed by atoms with van der Waals surface area (Å²) in [5.41, 5.74) is 1.76. The summed E-state index contributed by atoms with van der Waals surface area (Å²) in [5, 5.41) is 3.38. The summed E-state index contributed by atoms with van der Waals surface area (Å²) in [7, 11) is -4.12. The highest BCUT2D eigenvalue weighted by Gasteiger charge is 2.33. The van der Waals surface area contributed by atoms with Gasteiger partial charge in [0.05, 0.1) is 10.6 Å². The molecule has 202 valence electrons. The number of carbonyl (C=O) groups is 2. The van der Waals surface area contributed by atoms with E-state index in [-0.39, 0.29) is 23.4 Å². The molecular weight excluding hydrogens is 522 g/mol. The molecule has 0 saturated carbocycles. The SMILES string of the molecule is CC[C@H](C)NC(=O)[C@H](C)N(Cc1ccccc1)C(=O)CN(c1ccc(Cl)cc1C)S(=O)(=O)c1ccccc1. The van der Waals surface area contributed by atoms with Crippen LogP contribution in [0.25, 0.3) is 0 Å². The van der Waals surface area contributed by atoms with Crippen LogP contribution in [-0.2, 0) is 26.2 Å². The summed E-state index contributed by atoms with van der Waals surface area (Å²) in [5.74, 6) is -0.807. The zero-order valence-corrected chi connectivity index (χ0v) is 23.7. The average molecular weight is 556 g/mol. The third-order valence-electron chi connectivity index (χ3n) is 6.40. The number of rotatable bonds is 11. The molecule has 38 heavy (non-hydrogen) atoms. The largest absolute Gasteiger partial charge is 0.352 e. The number of benzene rings is 3. The lowest BCUT2D eigenvalue weighted by Gasteiger charge is -2.33. The molecule has 0 aliphatic heterocycles. The first-order valence-corrected chi connectivity index (χ1v) is 14.3. The fourth-order valence-electron chi connectivity index (χ4n) is 3.96. The zero-order chi connectivity index (χ0) is 27.9. The summed E-state index contributed by atoms with van der Waals surface area (Å²) >= 11 is 6.14. The number of hydrogen-bond acceptors (Lipinski definition) is 4. The maximum Gasteiger partial charge on any atom is 0.264 e.